The summed E-state index contributed by atoms with van der Waals surface area (Å²) in [6, 6.07) is 6.17. The molecule has 1 N–H and O–H groups in total. The normalized spacial score (nSPS) is 16.4. The highest BCUT2D eigenvalue weighted by Gasteiger charge is 2.17. The summed E-state index contributed by atoms with van der Waals surface area (Å²) in [5.74, 6) is 0. The van der Waals surface area contributed by atoms with Crippen LogP contribution in [0.3, 0.4) is 0 Å². The van der Waals surface area contributed by atoms with Gasteiger partial charge in [0.1, 0.15) is 0 Å². The lowest BCUT2D eigenvalue weighted by atomic mass is 10.1. The van der Waals surface area contributed by atoms with Crippen molar-refractivity contribution in [1.29, 1.82) is 0 Å². The van der Waals surface area contributed by atoms with Crippen molar-refractivity contribution in [2.45, 2.75) is 26.0 Å². The van der Waals surface area contributed by atoms with E-state index in [0.29, 0.717) is 0 Å². The number of aliphatic hydroxyl groups excluding tert-OH is 1. The maximum Gasteiger partial charge on any atom is 0.0931 e. The lowest BCUT2D eigenvalue weighted by molar-refractivity contribution is 0.194. The van der Waals surface area contributed by atoms with Gasteiger partial charge >= 0.3 is 0 Å². The highest BCUT2D eigenvalue weighted by atomic mass is 32.1. The van der Waals surface area contributed by atoms with Crippen molar-refractivity contribution in [1.82, 2.24) is 4.98 Å². The first-order chi connectivity index (χ1) is 8.74. The second kappa shape index (κ2) is 4.71. The van der Waals surface area contributed by atoms with Crippen LogP contribution in [0.4, 0.5) is 5.69 Å². The van der Waals surface area contributed by atoms with Gasteiger partial charge in [-0.2, -0.15) is 0 Å². The minimum absolute atomic E-state index is 0.496. The molecular formula is C14H16N2OS. The summed E-state index contributed by atoms with van der Waals surface area (Å²) in [5.41, 5.74) is 3.30. The van der Waals surface area contributed by atoms with Crippen LogP contribution in [0.5, 0.6) is 0 Å². The molecule has 0 bridgehead atoms. The summed E-state index contributed by atoms with van der Waals surface area (Å²) in [6.07, 6.45) is 2.48. The van der Waals surface area contributed by atoms with Crippen molar-refractivity contribution in [3.8, 4) is 0 Å². The van der Waals surface area contributed by atoms with Crippen molar-refractivity contribution >= 4 is 17.0 Å². The number of rotatable bonds is 2. The monoisotopic (exact) mass is 260 g/mol. The molecule has 0 saturated carbocycles. The third-order valence-corrected chi connectivity index (χ3v) is 4.39. The van der Waals surface area contributed by atoms with E-state index in [-0.39, 0.29) is 0 Å². The molecule has 1 aliphatic rings. The Morgan fingerprint density at radius 2 is 2.28 bits per heavy atom. The van der Waals surface area contributed by atoms with Gasteiger partial charge in [0.05, 0.1) is 23.7 Å². The molecule has 0 radical (unpaired) electrons. The lowest BCUT2D eigenvalue weighted by Crippen LogP contribution is -2.29. The number of hydrogen-bond acceptors (Lipinski definition) is 4. The molecule has 0 fully saturated rings. The molecule has 3 heterocycles. The number of hydrogen-bond donors (Lipinski definition) is 1. The van der Waals surface area contributed by atoms with Crippen molar-refractivity contribution in [3.05, 3.63) is 45.9 Å². The molecular weight excluding hydrogens is 244 g/mol. The molecule has 0 saturated heterocycles. The van der Waals surface area contributed by atoms with E-state index in [0.717, 1.165) is 30.9 Å². The second-order valence-electron chi connectivity index (χ2n) is 4.66. The van der Waals surface area contributed by atoms with Gasteiger partial charge in [-0.1, -0.05) is 0 Å². The van der Waals surface area contributed by atoms with E-state index >= 15 is 0 Å². The van der Waals surface area contributed by atoms with Gasteiger partial charge < -0.3 is 10.0 Å². The third-order valence-electron chi connectivity index (χ3n) is 3.37. The number of aliphatic hydroxyl groups is 1. The van der Waals surface area contributed by atoms with Crippen LogP contribution in [0.15, 0.2) is 29.8 Å². The van der Waals surface area contributed by atoms with Crippen LogP contribution in [0.2, 0.25) is 0 Å². The van der Waals surface area contributed by atoms with Gasteiger partial charge in [0.15, 0.2) is 0 Å². The Morgan fingerprint density at radius 3 is 3.00 bits per heavy atom. The summed E-state index contributed by atoms with van der Waals surface area (Å²) in [5, 5.41) is 11.6. The first-order valence-electron chi connectivity index (χ1n) is 6.18. The zero-order valence-corrected chi connectivity index (χ0v) is 11.2. The van der Waals surface area contributed by atoms with Gasteiger partial charge in [-0.05, 0) is 42.5 Å². The Kier molecular flexibility index (Phi) is 3.06. The van der Waals surface area contributed by atoms with E-state index in [1.807, 2.05) is 29.7 Å². The van der Waals surface area contributed by atoms with Gasteiger partial charge in [0.25, 0.3) is 0 Å². The van der Waals surface area contributed by atoms with Crippen molar-refractivity contribution < 1.29 is 5.11 Å². The van der Waals surface area contributed by atoms with Gasteiger partial charge in [-0.15, -0.1) is 11.3 Å². The molecule has 0 unspecified atom stereocenters. The zero-order valence-electron chi connectivity index (χ0n) is 10.3. The Bertz CT molecular complexity index is 533. The van der Waals surface area contributed by atoms with Gasteiger partial charge in [-0.25, -0.2) is 0 Å². The number of aromatic nitrogens is 1. The van der Waals surface area contributed by atoms with E-state index < -0.39 is 6.10 Å². The standard InChI is InChI=1S/C14H16N2OS/c1-10(17)13-3-2-12(8-15-13)16-6-4-14-11(9-16)5-7-18-14/h2-3,5,7-8,10,17H,4,6,9H2,1H3/t10-/m1/s1. The molecule has 1 atom stereocenters. The van der Waals surface area contributed by atoms with Gasteiger partial charge in [-0.3, -0.25) is 4.98 Å². The van der Waals surface area contributed by atoms with Crippen LogP contribution in [-0.2, 0) is 13.0 Å². The number of anilines is 1. The number of thiophene rings is 1. The fraction of sp³-hybridized carbons (Fsp3) is 0.357. The SMILES string of the molecule is C[C@@H](O)c1ccc(N2CCc3sccc3C2)cn1. The smallest absolute Gasteiger partial charge is 0.0931 e. The molecule has 0 amide bonds. The van der Waals surface area contributed by atoms with Crippen LogP contribution < -0.4 is 4.90 Å². The molecule has 2 aromatic heterocycles. The molecule has 3 nitrogen and oxygen atoms in total. The fourth-order valence-electron chi connectivity index (χ4n) is 2.30. The maximum atomic E-state index is 9.45. The number of nitrogens with zero attached hydrogens (tertiary/aromatic N) is 2. The van der Waals surface area contributed by atoms with Crippen LogP contribution in [-0.4, -0.2) is 16.6 Å². The van der Waals surface area contributed by atoms with E-state index in [4.69, 9.17) is 0 Å². The van der Waals surface area contributed by atoms with Gasteiger partial charge in [0.2, 0.25) is 0 Å². The first kappa shape index (κ1) is 11.7. The molecule has 18 heavy (non-hydrogen) atoms. The summed E-state index contributed by atoms with van der Waals surface area (Å²) < 4.78 is 0. The number of fused-ring (bicyclic) bond motifs is 1. The largest absolute Gasteiger partial charge is 0.387 e. The zero-order chi connectivity index (χ0) is 12.5. The van der Waals surface area contributed by atoms with Gasteiger partial charge in [0, 0.05) is 18.0 Å². The summed E-state index contributed by atoms with van der Waals surface area (Å²) >= 11 is 1.85. The highest BCUT2D eigenvalue weighted by Crippen LogP contribution is 2.27. The molecule has 4 heteroatoms. The predicted molar refractivity (Wildman–Crippen MR) is 73.9 cm³/mol. The Balaban J connectivity index is 1.80. The van der Waals surface area contributed by atoms with Crippen molar-refractivity contribution in [2.75, 3.05) is 11.4 Å². The van der Waals surface area contributed by atoms with Crippen molar-refractivity contribution in [3.63, 3.8) is 0 Å². The lowest BCUT2D eigenvalue weighted by Gasteiger charge is -2.28. The average Bonchev–Trinajstić information content (AvgIpc) is 2.86. The molecule has 0 aliphatic carbocycles. The van der Waals surface area contributed by atoms with Crippen LogP contribution >= 0.6 is 11.3 Å². The fourth-order valence-corrected chi connectivity index (χ4v) is 3.19. The average molecular weight is 260 g/mol. The van der Waals surface area contributed by atoms with E-state index in [2.05, 4.69) is 21.3 Å². The Labute approximate surface area is 111 Å². The first-order valence-corrected chi connectivity index (χ1v) is 7.06. The highest BCUT2D eigenvalue weighted by molar-refractivity contribution is 7.10. The predicted octanol–water partition coefficient (Wildman–Crippen LogP) is 2.76. The maximum absolute atomic E-state index is 9.45. The van der Waals surface area contributed by atoms with Crippen LogP contribution in [0.25, 0.3) is 0 Å². The molecule has 0 spiro atoms. The summed E-state index contributed by atoms with van der Waals surface area (Å²) in [6.45, 7) is 3.75. The third kappa shape index (κ3) is 2.13. The minimum atomic E-state index is -0.496. The molecule has 2 aromatic rings. The molecule has 3 rings (SSSR count). The summed E-state index contributed by atoms with van der Waals surface area (Å²) in [7, 11) is 0. The van der Waals surface area contributed by atoms with E-state index in [1.165, 1.54) is 10.4 Å². The van der Waals surface area contributed by atoms with Crippen LogP contribution in [0, 0.1) is 0 Å². The molecule has 94 valence electrons. The quantitative estimate of drug-likeness (QED) is 0.902. The minimum Gasteiger partial charge on any atom is -0.387 e. The molecule has 0 aromatic carbocycles. The second-order valence-corrected chi connectivity index (χ2v) is 5.66. The number of pyridine rings is 1. The summed E-state index contributed by atoms with van der Waals surface area (Å²) in [4.78, 5) is 8.16. The Hall–Kier alpha value is -1.39. The van der Waals surface area contributed by atoms with E-state index in [9.17, 15) is 5.11 Å². The topological polar surface area (TPSA) is 36.4 Å². The van der Waals surface area contributed by atoms with Crippen LogP contribution in [0.1, 0.15) is 29.2 Å². The molecule has 1 aliphatic heterocycles. The van der Waals surface area contributed by atoms with E-state index in [1.54, 1.807) is 6.92 Å². The van der Waals surface area contributed by atoms with Crippen molar-refractivity contribution in [2.24, 2.45) is 0 Å². The Morgan fingerprint density at radius 1 is 1.39 bits per heavy atom.